The van der Waals surface area contributed by atoms with Crippen LogP contribution in [-0.2, 0) is 0 Å². The molecule has 0 amide bonds. The molecule has 0 bridgehead atoms. The van der Waals surface area contributed by atoms with Crippen molar-refractivity contribution in [2.75, 3.05) is 0 Å². The van der Waals surface area contributed by atoms with Gasteiger partial charge in [0.25, 0.3) is 0 Å². The SMILES string of the molecule is C=CCC1c2ccccc2C(c2ccccc2)C1c1ccccc1. The summed E-state index contributed by atoms with van der Waals surface area (Å²) in [5.74, 6) is 1.37. The van der Waals surface area contributed by atoms with Crippen molar-refractivity contribution < 1.29 is 0 Å². The van der Waals surface area contributed by atoms with Gasteiger partial charge >= 0.3 is 0 Å². The van der Waals surface area contributed by atoms with Gasteiger partial charge in [-0.05, 0) is 34.6 Å². The highest BCUT2D eigenvalue weighted by Gasteiger charge is 2.41. The first-order chi connectivity index (χ1) is 11.9. The Morgan fingerprint density at radius 2 is 1.21 bits per heavy atom. The molecule has 3 aromatic rings. The fraction of sp³-hybridized carbons (Fsp3) is 0.167. The molecule has 1 aliphatic rings. The van der Waals surface area contributed by atoms with E-state index in [0.717, 1.165) is 6.42 Å². The van der Waals surface area contributed by atoms with Crippen molar-refractivity contribution in [2.45, 2.75) is 24.2 Å². The van der Waals surface area contributed by atoms with Gasteiger partial charge in [0.2, 0.25) is 0 Å². The maximum atomic E-state index is 4.02. The molecule has 0 fully saturated rings. The van der Waals surface area contributed by atoms with Crippen LogP contribution in [0.25, 0.3) is 0 Å². The molecule has 0 saturated heterocycles. The minimum Gasteiger partial charge on any atom is -0.103 e. The summed E-state index contributed by atoms with van der Waals surface area (Å²) < 4.78 is 0. The van der Waals surface area contributed by atoms with Crippen molar-refractivity contribution in [2.24, 2.45) is 0 Å². The summed E-state index contributed by atoms with van der Waals surface area (Å²) in [6, 6.07) is 30.9. The van der Waals surface area contributed by atoms with Crippen LogP contribution >= 0.6 is 0 Å². The van der Waals surface area contributed by atoms with Crippen LogP contribution in [0, 0.1) is 0 Å². The lowest BCUT2D eigenvalue weighted by atomic mass is 9.77. The summed E-state index contributed by atoms with van der Waals surface area (Å²) in [4.78, 5) is 0. The van der Waals surface area contributed by atoms with E-state index in [4.69, 9.17) is 0 Å². The summed E-state index contributed by atoms with van der Waals surface area (Å²) in [6.07, 6.45) is 3.09. The zero-order valence-corrected chi connectivity index (χ0v) is 13.8. The first-order valence-corrected chi connectivity index (χ1v) is 8.69. The molecule has 118 valence electrons. The average Bonchev–Trinajstić information content (AvgIpc) is 2.98. The number of allylic oxidation sites excluding steroid dienone is 1. The molecular formula is C24H22. The van der Waals surface area contributed by atoms with Crippen LogP contribution in [0.2, 0.25) is 0 Å². The lowest BCUT2D eigenvalue weighted by Gasteiger charge is -2.26. The Kier molecular flexibility index (Phi) is 4.04. The van der Waals surface area contributed by atoms with Crippen LogP contribution in [0.4, 0.5) is 0 Å². The summed E-state index contributed by atoms with van der Waals surface area (Å²) in [7, 11) is 0. The van der Waals surface area contributed by atoms with Gasteiger partial charge in [-0.25, -0.2) is 0 Å². The molecule has 3 unspecified atom stereocenters. The zero-order valence-electron chi connectivity index (χ0n) is 13.8. The van der Waals surface area contributed by atoms with Gasteiger partial charge in [-0.3, -0.25) is 0 Å². The van der Waals surface area contributed by atoms with Gasteiger partial charge in [0, 0.05) is 11.8 Å². The summed E-state index contributed by atoms with van der Waals surface area (Å²) >= 11 is 0. The highest BCUT2D eigenvalue weighted by Crippen LogP contribution is 2.55. The van der Waals surface area contributed by atoms with Crippen LogP contribution in [0.3, 0.4) is 0 Å². The predicted octanol–water partition coefficient (Wildman–Crippen LogP) is 6.28. The second-order valence-corrected chi connectivity index (χ2v) is 6.58. The van der Waals surface area contributed by atoms with E-state index < -0.39 is 0 Å². The first kappa shape index (κ1) is 15.0. The summed E-state index contributed by atoms with van der Waals surface area (Å²) in [5, 5.41) is 0. The van der Waals surface area contributed by atoms with E-state index in [9.17, 15) is 0 Å². The second kappa shape index (κ2) is 6.49. The van der Waals surface area contributed by atoms with Gasteiger partial charge in [-0.1, -0.05) is 91.0 Å². The molecule has 0 nitrogen and oxygen atoms in total. The van der Waals surface area contributed by atoms with Crippen molar-refractivity contribution >= 4 is 0 Å². The minimum atomic E-state index is 0.412. The standard InChI is InChI=1S/C24H22/c1-2-11-21-20-16-9-10-17-22(20)24(19-14-7-4-8-15-19)23(21)18-12-5-3-6-13-18/h2-10,12-17,21,23-24H,1,11H2. The number of benzene rings is 3. The predicted molar refractivity (Wildman–Crippen MR) is 101 cm³/mol. The number of hydrogen-bond acceptors (Lipinski definition) is 0. The summed E-state index contributed by atoms with van der Waals surface area (Å²) in [5.41, 5.74) is 5.80. The molecule has 0 aliphatic heterocycles. The Labute approximate surface area is 144 Å². The van der Waals surface area contributed by atoms with E-state index in [2.05, 4.69) is 97.6 Å². The first-order valence-electron chi connectivity index (χ1n) is 8.69. The monoisotopic (exact) mass is 310 g/mol. The van der Waals surface area contributed by atoms with Crippen LogP contribution in [0.1, 0.15) is 46.4 Å². The van der Waals surface area contributed by atoms with Gasteiger partial charge in [-0.2, -0.15) is 0 Å². The number of rotatable bonds is 4. The third-order valence-electron chi connectivity index (χ3n) is 5.29. The van der Waals surface area contributed by atoms with Gasteiger partial charge < -0.3 is 0 Å². The maximum Gasteiger partial charge on any atom is 0.0167 e. The van der Waals surface area contributed by atoms with E-state index in [0.29, 0.717) is 17.8 Å². The van der Waals surface area contributed by atoms with Gasteiger partial charge in [0.05, 0.1) is 0 Å². The molecule has 24 heavy (non-hydrogen) atoms. The topological polar surface area (TPSA) is 0 Å². The van der Waals surface area contributed by atoms with Crippen molar-refractivity contribution in [3.8, 4) is 0 Å². The zero-order chi connectivity index (χ0) is 16.4. The normalized spacial score (nSPS) is 22.1. The van der Waals surface area contributed by atoms with E-state index >= 15 is 0 Å². The Morgan fingerprint density at radius 1 is 0.667 bits per heavy atom. The Morgan fingerprint density at radius 3 is 1.83 bits per heavy atom. The Balaban J connectivity index is 1.91. The highest BCUT2D eigenvalue weighted by molar-refractivity contribution is 5.51. The van der Waals surface area contributed by atoms with Gasteiger partial charge in [-0.15, -0.1) is 6.58 Å². The van der Waals surface area contributed by atoms with Crippen LogP contribution in [-0.4, -0.2) is 0 Å². The molecule has 0 N–H and O–H groups in total. The molecule has 0 spiro atoms. The molecule has 0 aromatic heterocycles. The highest BCUT2D eigenvalue weighted by atomic mass is 14.4. The molecule has 1 aliphatic carbocycles. The minimum absolute atomic E-state index is 0.412. The lowest BCUT2D eigenvalue weighted by Crippen LogP contribution is -2.11. The Hall–Kier alpha value is -2.60. The molecule has 3 atom stereocenters. The molecule has 0 heteroatoms. The largest absolute Gasteiger partial charge is 0.103 e. The molecule has 0 saturated carbocycles. The van der Waals surface area contributed by atoms with Crippen LogP contribution in [0.5, 0.6) is 0 Å². The lowest BCUT2D eigenvalue weighted by molar-refractivity contribution is 0.544. The van der Waals surface area contributed by atoms with E-state index in [1.807, 2.05) is 0 Å². The van der Waals surface area contributed by atoms with E-state index in [1.165, 1.54) is 22.3 Å². The van der Waals surface area contributed by atoms with Crippen LogP contribution in [0.15, 0.2) is 97.6 Å². The average molecular weight is 310 g/mol. The molecule has 3 aromatic carbocycles. The fourth-order valence-corrected chi connectivity index (χ4v) is 4.35. The maximum absolute atomic E-state index is 4.02. The quantitative estimate of drug-likeness (QED) is 0.498. The van der Waals surface area contributed by atoms with Crippen molar-refractivity contribution in [1.29, 1.82) is 0 Å². The Bertz CT molecular complexity index is 817. The van der Waals surface area contributed by atoms with Crippen molar-refractivity contribution in [3.63, 3.8) is 0 Å². The molecule has 4 rings (SSSR count). The van der Waals surface area contributed by atoms with Gasteiger partial charge in [0.1, 0.15) is 0 Å². The van der Waals surface area contributed by atoms with Crippen LogP contribution < -0.4 is 0 Å². The number of hydrogen-bond donors (Lipinski definition) is 0. The third-order valence-corrected chi connectivity index (χ3v) is 5.29. The number of fused-ring (bicyclic) bond motifs is 1. The fourth-order valence-electron chi connectivity index (χ4n) is 4.35. The van der Waals surface area contributed by atoms with E-state index in [-0.39, 0.29) is 0 Å². The smallest absolute Gasteiger partial charge is 0.0167 e. The third kappa shape index (κ3) is 2.49. The van der Waals surface area contributed by atoms with Gasteiger partial charge in [0.15, 0.2) is 0 Å². The molecule has 0 radical (unpaired) electrons. The van der Waals surface area contributed by atoms with Crippen molar-refractivity contribution in [3.05, 3.63) is 120 Å². The van der Waals surface area contributed by atoms with E-state index in [1.54, 1.807) is 0 Å². The molecular weight excluding hydrogens is 288 g/mol. The second-order valence-electron chi connectivity index (χ2n) is 6.58. The molecule has 0 heterocycles. The summed E-state index contributed by atoms with van der Waals surface area (Å²) in [6.45, 7) is 4.02. The van der Waals surface area contributed by atoms with Crippen molar-refractivity contribution in [1.82, 2.24) is 0 Å².